The quantitative estimate of drug-likeness (QED) is 0.644. The zero-order valence-corrected chi connectivity index (χ0v) is 12.0. The summed E-state index contributed by atoms with van der Waals surface area (Å²) in [6, 6.07) is -0.424. The van der Waals surface area contributed by atoms with Crippen molar-refractivity contribution < 1.29 is 24.2 Å². The van der Waals surface area contributed by atoms with E-state index in [4.69, 9.17) is 9.84 Å². The molecular formula is C13H22N2O5. The van der Waals surface area contributed by atoms with Crippen molar-refractivity contribution in [3.05, 3.63) is 0 Å². The van der Waals surface area contributed by atoms with Crippen LogP contribution in [0.2, 0.25) is 0 Å². The minimum atomic E-state index is -0.884. The van der Waals surface area contributed by atoms with E-state index in [0.717, 1.165) is 0 Å². The molecule has 0 bridgehead atoms. The lowest BCUT2D eigenvalue weighted by molar-refractivity contribution is -0.144. The van der Waals surface area contributed by atoms with Crippen molar-refractivity contribution in [2.75, 3.05) is 26.2 Å². The molecule has 20 heavy (non-hydrogen) atoms. The number of ether oxygens (including phenoxy) is 1. The summed E-state index contributed by atoms with van der Waals surface area (Å²) in [5.74, 6) is -1.35. The Hall–Kier alpha value is -1.79. The van der Waals surface area contributed by atoms with E-state index in [0.29, 0.717) is 25.8 Å². The summed E-state index contributed by atoms with van der Waals surface area (Å²) in [7, 11) is 0. The summed E-state index contributed by atoms with van der Waals surface area (Å²) >= 11 is 0. The molecule has 1 rings (SSSR count). The van der Waals surface area contributed by atoms with Crippen molar-refractivity contribution in [2.24, 2.45) is 5.41 Å². The fourth-order valence-electron chi connectivity index (χ4n) is 1.86. The highest BCUT2D eigenvalue weighted by Gasteiger charge is 2.50. The van der Waals surface area contributed by atoms with Crippen LogP contribution < -0.4 is 5.32 Å². The summed E-state index contributed by atoms with van der Waals surface area (Å²) in [5.41, 5.74) is -0.808. The average Bonchev–Trinajstić information content (AvgIpc) is 3.17. The normalized spacial score (nSPS) is 15.3. The lowest BCUT2D eigenvalue weighted by Gasteiger charge is -2.22. The second-order valence-electron chi connectivity index (χ2n) is 4.97. The molecule has 0 aromatic carbocycles. The van der Waals surface area contributed by atoms with Crippen LogP contribution in [0.5, 0.6) is 0 Å². The van der Waals surface area contributed by atoms with E-state index in [-0.39, 0.29) is 19.7 Å². The number of hydrogen-bond donors (Lipinski definition) is 2. The van der Waals surface area contributed by atoms with Gasteiger partial charge in [0.25, 0.3) is 0 Å². The van der Waals surface area contributed by atoms with Crippen LogP contribution in [-0.4, -0.2) is 54.2 Å². The summed E-state index contributed by atoms with van der Waals surface area (Å²) in [6.07, 6.45) is 1.86. The van der Waals surface area contributed by atoms with Crippen LogP contribution in [0.15, 0.2) is 0 Å². The maximum Gasteiger partial charge on any atom is 0.325 e. The van der Waals surface area contributed by atoms with Gasteiger partial charge in [0, 0.05) is 13.1 Å². The number of carboxylic acid groups (broad SMARTS) is 1. The summed E-state index contributed by atoms with van der Waals surface area (Å²) < 4.78 is 4.81. The van der Waals surface area contributed by atoms with Crippen molar-refractivity contribution in [3.8, 4) is 0 Å². The summed E-state index contributed by atoms with van der Waals surface area (Å²) in [6.45, 7) is 4.27. The Kier molecular flexibility index (Phi) is 5.79. The smallest absolute Gasteiger partial charge is 0.325 e. The Morgan fingerprint density at radius 3 is 2.40 bits per heavy atom. The van der Waals surface area contributed by atoms with Gasteiger partial charge in [-0.3, -0.25) is 9.59 Å². The second-order valence-corrected chi connectivity index (χ2v) is 4.97. The van der Waals surface area contributed by atoms with Gasteiger partial charge in [0.15, 0.2) is 0 Å². The van der Waals surface area contributed by atoms with E-state index in [1.807, 2.05) is 6.92 Å². The van der Waals surface area contributed by atoms with E-state index < -0.39 is 23.4 Å². The van der Waals surface area contributed by atoms with E-state index in [2.05, 4.69) is 5.32 Å². The molecular weight excluding hydrogens is 264 g/mol. The molecule has 2 N–H and O–H groups in total. The molecule has 0 aliphatic heterocycles. The van der Waals surface area contributed by atoms with Gasteiger partial charge >= 0.3 is 18.0 Å². The van der Waals surface area contributed by atoms with Crippen molar-refractivity contribution in [2.45, 2.75) is 33.1 Å². The van der Waals surface area contributed by atoms with Crippen molar-refractivity contribution in [3.63, 3.8) is 0 Å². The molecule has 1 aliphatic rings. The molecule has 114 valence electrons. The Morgan fingerprint density at radius 2 is 1.95 bits per heavy atom. The minimum absolute atomic E-state index is 0.101. The lowest BCUT2D eigenvalue weighted by Crippen LogP contribution is -2.46. The van der Waals surface area contributed by atoms with Crippen molar-refractivity contribution in [1.82, 2.24) is 10.2 Å². The SMILES string of the molecule is CCCN(CC(=O)OCC)C(=O)NCC1(C(=O)O)CC1. The molecule has 0 spiro atoms. The van der Waals surface area contributed by atoms with E-state index in [1.54, 1.807) is 6.92 Å². The fourth-order valence-corrected chi connectivity index (χ4v) is 1.86. The molecule has 0 saturated heterocycles. The third kappa shape index (κ3) is 4.40. The number of aliphatic carboxylic acids is 1. The zero-order valence-electron chi connectivity index (χ0n) is 12.0. The standard InChI is InChI=1S/C13H22N2O5/c1-3-7-15(8-10(16)20-4-2)12(19)14-9-13(5-6-13)11(17)18/h3-9H2,1-2H3,(H,14,19)(H,17,18). The van der Waals surface area contributed by atoms with Crippen LogP contribution in [-0.2, 0) is 14.3 Å². The third-order valence-corrected chi connectivity index (χ3v) is 3.29. The molecule has 0 unspecified atom stereocenters. The highest BCUT2D eigenvalue weighted by molar-refractivity contribution is 5.82. The molecule has 0 atom stereocenters. The van der Waals surface area contributed by atoms with Crippen LogP contribution in [0.4, 0.5) is 4.79 Å². The van der Waals surface area contributed by atoms with Gasteiger partial charge in [0.05, 0.1) is 12.0 Å². The number of carbonyl (C=O) groups excluding carboxylic acids is 2. The topological polar surface area (TPSA) is 95.9 Å². The van der Waals surface area contributed by atoms with Crippen LogP contribution in [0.3, 0.4) is 0 Å². The van der Waals surface area contributed by atoms with Gasteiger partial charge in [-0.05, 0) is 26.2 Å². The Labute approximate surface area is 118 Å². The van der Waals surface area contributed by atoms with Crippen LogP contribution in [0, 0.1) is 5.41 Å². The van der Waals surface area contributed by atoms with Crippen LogP contribution in [0.1, 0.15) is 33.1 Å². The van der Waals surface area contributed by atoms with Gasteiger partial charge < -0.3 is 20.1 Å². The summed E-state index contributed by atoms with van der Waals surface area (Å²) in [5, 5.41) is 11.6. The number of nitrogens with zero attached hydrogens (tertiary/aromatic N) is 1. The predicted octanol–water partition coefficient (Wildman–Crippen LogP) is 0.836. The van der Waals surface area contributed by atoms with Gasteiger partial charge in [-0.15, -0.1) is 0 Å². The number of amides is 2. The molecule has 7 heteroatoms. The Balaban J connectivity index is 2.47. The number of urea groups is 1. The lowest BCUT2D eigenvalue weighted by atomic mass is 10.1. The maximum atomic E-state index is 12.0. The highest BCUT2D eigenvalue weighted by atomic mass is 16.5. The zero-order chi connectivity index (χ0) is 15.2. The van der Waals surface area contributed by atoms with E-state index >= 15 is 0 Å². The van der Waals surface area contributed by atoms with Crippen molar-refractivity contribution in [1.29, 1.82) is 0 Å². The molecule has 7 nitrogen and oxygen atoms in total. The monoisotopic (exact) mass is 286 g/mol. The van der Waals surface area contributed by atoms with E-state index in [9.17, 15) is 14.4 Å². The van der Waals surface area contributed by atoms with Crippen LogP contribution in [0.25, 0.3) is 0 Å². The molecule has 1 saturated carbocycles. The Bertz CT molecular complexity index is 379. The van der Waals surface area contributed by atoms with Gasteiger partial charge in [0.1, 0.15) is 6.54 Å². The van der Waals surface area contributed by atoms with Gasteiger partial charge in [-0.2, -0.15) is 0 Å². The predicted molar refractivity (Wildman–Crippen MR) is 71.2 cm³/mol. The van der Waals surface area contributed by atoms with Crippen LogP contribution >= 0.6 is 0 Å². The molecule has 2 amide bonds. The number of carboxylic acids is 1. The molecule has 1 aliphatic carbocycles. The van der Waals surface area contributed by atoms with Gasteiger partial charge in [-0.1, -0.05) is 6.92 Å². The largest absolute Gasteiger partial charge is 0.481 e. The Morgan fingerprint density at radius 1 is 1.30 bits per heavy atom. The second kappa shape index (κ2) is 7.12. The van der Waals surface area contributed by atoms with Gasteiger partial charge in [-0.25, -0.2) is 4.79 Å². The number of esters is 1. The first kappa shape index (κ1) is 16.3. The molecule has 0 aromatic rings. The summed E-state index contributed by atoms with van der Waals surface area (Å²) in [4.78, 5) is 35.8. The van der Waals surface area contributed by atoms with Gasteiger partial charge in [0.2, 0.25) is 0 Å². The molecule has 1 fully saturated rings. The maximum absolute atomic E-state index is 12.0. The third-order valence-electron chi connectivity index (χ3n) is 3.29. The fraction of sp³-hybridized carbons (Fsp3) is 0.769. The molecule has 0 heterocycles. The first-order chi connectivity index (χ1) is 9.45. The number of nitrogens with one attached hydrogen (secondary N) is 1. The highest BCUT2D eigenvalue weighted by Crippen LogP contribution is 2.45. The first-order valence-corrected chi connectivity index (χ1v) is 6.87. The van der Waals surface area contributed by atoms with Crippen molar-refractivity contribution >= 4 is 18.0 Å². The number of rotatable bonds is 8. The first-order valence-electron chi connectivity index (χ1n) is 6.87. The van der Waals surface area contributed by atoms with E-state index in [1.165, 1.54) is 4.90 Å². The molecule has 0 radical (unpaired) electrons. The minimum Gasteiger partial charge on any atom is -0.481 e. The molecule has 0 aromatic heterocycles. The number of carbonyl (C=O) groups is 3. The number of hydrogen-bond acceptors (Lipinski definition) is 4. The average molecular weight is 286 g/mol.